The molecular formula is C14H28N2S. The minimum Gasteiger partial charge on any atom is -0.365 e. The van der Waals surface area contributed by atoms with Gasteiger partial charge in [-0.1, -0.05) is 46.4 Å². The van der Waals surface area contributed by atoms with Crippen LogP contribution in [0.5, 0.6) is 0 Å². The van der Waals surface area contributed by atoms with E-state index in [9.17, 15) is 0 Å². The Labute approximate surface area is 111 Å². The van der Waals surface area contributed by atoms with Gasteiger partial charge in [-0.15, -0.1) is 0 Å². The minimum atomic E-state index is 0.458. The summed E-state index contributed by atoms with van der Waals surface area (Å²) in [6, 6.07) is 0. The quantitative estimate of drug-likeness (QED) is 0.809. The summed E-state index contributed by atoms with van der Waals surface area (Å²) in [6.07, 6.45) is 2.49. The second-order valence-electron chi connectivity index (χ2n) is 5.72. The van der Waals surface area contributed by atoms with Crippen LogP contribution in [0.1, 0.15) is 47.5 Å². The highest BCUT2D eigenvalue weighted by molar-refractivity contribution is 8.13. The molecular weight excluding hydrogens is 228 g/mol. The maximum Gasteiger partial charge on any atom is 0.156 e. The number of rotatable bonds is 5. The largest absolute Gasteiger partial charge is 0.365 e. The zero-order valence-electron chi connectivity index (χ0n) is 12.0. The molecule has 0 aliphatic carbocycles. The Morgan fingerprint density at radius 1 is 1.29 bits per heavy atom. The van der Waals surface area contributed by atoms with Crippen molar-refractivity contribution in [3.05, 3.63) is 0 Å². The number of amidine groups is 1. The van der Waals surface area contributed by atoms with Gasteiger partial charge in [0.15, 0.2) is 5.17 Å². The summed E-state index contributed by atoms with van der Waals surface area (Å²) in [7, 11) is 0. The molecule has 2 nitrogen and oxygen atoms in total. The van der Waals surface area contributed by atoms with E-state index in [0.29, 0.717) is 11.3 Å². The van der Waals surface area contributed by atoms with Gasteiger partial charge in [0, 0.05) is 18.8 Å². The summed E-state index contributed by atoms with van der Waals surface area (Å²) in [5, 5.41) is 4.66. The average Bonchev–Trinajstić information content (AvgIpc) is 2.36. The number of thioether (sulfide) groups is 1. The molecule has 1 N–H and O–H groups in total. The van der Waals surface area contributed by atoms with E-state index in [0.717, 1.165) is 24.2 Å². The maximum atomic E-state index is 4.72. The fourth-order valence-corrected chi connectivity index (χ4v) is 3.10. The van der Waals surface area contributed by atoms with Crippen molar-refractivity contribution < 1.29 is 0 Å². The molecule has 0 saturated heterocycles. The lowest BCUT2D eigenvalue weighted by Crippen LogP contribution is -2.36. The van der Waals surface area contributed by atoms with Gasteiger partial charge in [-0.25, -0.2) is 0 Å². The Morgan fingerprint density at radius 2 is 1.94 bits per heavy atom. The molecule has 0 saturated carbocycles. The van der Waals surface area contributed by atoms with Crippen LogP contribution >= 0.6 is 11.8 Å². The van der Waals surface area contributed by atoms with Gasteiger partial charge in [-0.3, -0.25) is 4.99 Å². The molecule has 0 radical (unpaired) electrons. The molecule has 1 atom stereocenters. The molecule has 1 aliphatic rings. The molecule has 17 heavy (non-hydrogen) atoms. The van der Waals surface area contributed by atoms with Crippen LogP contribution in [0.2, 0.25) is 0 Å². The van der Waals surface area contributed by atoms with Gasteiger partial charge >= 0.3 is 0 Å². The molecule has 0 aromatic heterocycles. The number of hydrogen-bond acceptors (Lipinski definition) is 3. The fraction of sp³-hybridized carbons (Fsp3) is 0.929. The SMILES string of the molecule is CCC1(CC)CN=C(NCC(C)C(C)C)SC1. The van der Waals surface area contributed by atoms with Crippen molar-refractivity contribution in [1.29, 1.82) is 0 Å². The molecule has 1 aliphatic heterocycles. The third kappa shape index (κ3) is 4.20. The first-order chi connectivity index (χ1) is 8.03. The standard InChI is InChI=1S/C14H28N2S/c1-6-14(7-2)9-16-13(17-10-14)15-8-12(5)11(3)4/h11-12H,6-10H2,1-5H3,(H,15,16). The van der Waals surface area contributed by atoms with Crippen molar-refractivity contribution in [3.63, 3.8) is 0 Å². The molecule has 0 fully saturated rings. The summed E-state index contributed by atoms with van der Waals surface area (Å²) in [4.78, 5) is 4.72. The van der Waals surface area contributed by atoms with Crippen LogP contribution in [0, 0.1) is 17.3 Å². The smallest absolute Gasteiger partial charge is 0.156 e. The molecule has 0 aromatic carbocycles. The minimum absolute atomic E-state index is 0.458. The zero-order valence-corrected chi connectivity index (χ0v) is 12.9. The Kier molecular flexibility index (Phi) is 5.84. The summed E-state index contributed by atoms with van der Waals surface area (Å²) in [5.74, 6) is 2.67. The van der Waals surface area contributed by atoms with E-state index in [4.69, 9.17) is 4.99 Å². The molecule has 0 bridgehead atoms. The van der Waals surface area contributed by atoms with Gasteiger partial charge in [-0.05, 0) is 30.1 Å². The highest BCUT2D eigenvalue weighted by Gasteiger charge is 2.30. The number of nitrogens with one attached hydrogen (secondary N) is 1. The maximum absolute atomic E-state index is 4.72. The van der Waals surface area contributed by atoms with E-state index in [1.165, 1.54) is 18.6 Å². The summed E-state index contributed by atoms with van der Waals surface area (Å²) >= 11 is 1.91. The van der Waals surface area contributed by atoms with Crippen LogP contribution in [0.25, 0.3) is 0 Å². The van der Waals surface area contributed by atoms with Crippen LogP contribution in [0.4, 0.5) is 0 Å². The third-order valence-electron chi connectivity index (χ3n) is 4.29. The Bertz CT molecular complexity index is 257. The van der Waals surface area contributed by atoms with E-state index in [1.807, 2.05) is 11.8 Å². The average molecular weight is 256 g/mol. The molecule has 0 aromatic rings. The van der Waals surface area contributed by atoms with E-state index in [2.05, 4.69) is 39.9 Å². The lowest BCUT2D eigenvalue weighted by atomic mass is 9.84. The van der Waals surface area contributed by atoms with Crippen molar-refractivity contribution in [3.8, 4) is 0 Å². The van der Waals surface area contributed by atoms with Gasteiger partial charge in [0.25, 0.3) is 0 Å². The highest BCUT2D eigenvalue weighted by atomic mass is 32.2. The van der Waals surface area contributed by atoms with Crippen LogP contribution in [0.15, 0.2) is 4.99 Å². The van der Waals surface area contributed by atoms with E-state index in [1.54, 1.807) is 0 Å². The normalized spacial score (nSPS) is 21.2. The lowest BCUT2D eigenvalue weighted by molar-refractivity contribution is 0.317. The predicted octanol–water partition coefficient (Wildman–Crippen LogP) is 3.78. The van der Waals surface area contributed by atoms with Crippen molar-refractivity contribution in [2.45, 2.75) is 47.5 Å². The first kappa shape index (κ1) is 14.9. The van der Waals surface area contributed by atoms with Crippen molar-refractivity contribution in [2.24, 2.45) is 22.2 Å². The van der Waals surface area contributed by atoms with Gasteiger partial charge in [0.1, 0.15) is 0 Å². The Balaban J connectivity index is 2.41. The third-order valence-corrected chi connectivity index (χ3v) is 5.59. The Morgan fingerprint density at radius 3 is 2.35 bits per heavy atom. The van der Waals surface area contributed by atoms with Gasteiger partial charge in [0.05, 0.1) is 0 Å². The molecule has 1 rings (SSSR count). The van der Waals surface area contributed by atoms with Crippen LogP contribution in [0.3, 0.4) is 0 Å². The monoisotopic (exact) mass is 256 g/mol. The fourth-order valence-electron chi connectivity index (χ4n) is 1.82. The molecule has 100 valence electrons. The molecule has 1 unspecified atom stereocenters. The number of hydrogen-bond donors (Lipinski definition) is 1. The molecule has 1 heterocycles. The number of aliphatic imine (C=N–C) groups is 1. The van der Waals surface area contributed by atoms with Gasteiger partial charge < -0.3 is 5.32 Å². The summed E-state index contributed by atoms with van der Waals surface area (Å²) in [6.45, 7) is 13.5. The second kappa shape index (κ2) is 6.67. The van der Waals surface area contributed by atoms with Gasteiger partial charge in [-0.2, -0.15) is 0 Å². The first-order valence-electron chi connectivity index (χ1n) is 6.94. The van der Waals surface area contributed by atoms with Crippen molar-refractivity contribution >= 4 is 16.9 Å². The second-order valence-corrected chi connectivity index (χ2v) is 6.68. The van der Waals surface area contributed by atoms with Crippen molar-refractivity contribution in [2.75, 3.05) is 18.8 Å². The molecule has 0 spiro atoms. The van der Waals surface area contributed by atoms with E-state index in [-0.39, 0.29) is 0 Å². The zero-order chi connectivity index (χ0) is 12.9. The van der Waals surface area contributed by atoms with E-state index < -0.39 is 0 Å². The first-order valence-corrected chi connectivity index (χ1v) is 7.92. The topological polar surface area (TPSA) is 24.4 Å². The van der Waals surface area contributed by atoms with Crippen LogP contribution in [-0.2, 0) is 0 Å². The van der Waals surface area contributed by atoms with Crippen LogP contribution < -0.4 is 5.32 Å². The summed E-state index contributed by atoms with van der Waals surface area (Å²) in [5.41, 5.74) is 0.458. The lowest BCUT2D eigenvalue weighted by Gasteiger charge is -2.33. The Hall–Kier alpha value is -0.180. The molecule has 3 heteroatoms. The summed E-state index contributed by atoms with van der Waals surface area (Å²) < 4.78 is 0. The molecule has 0 amide bonds. The van der Waals surface area contributed by atoms with Crippen LogP contribution in [-0.4, -0.2) is 24.0 Å². The van der Waals surface area contributed by atoms with Crippen molar-refractivity contribution in [1.82, 2.24) is 5.32 Å². The van der Waals surface area contributed by atoms with E-state index >= 15 is 0 Å². The predicted molar refractivity (Wildman–Crippen MR) is 79.8 cm³/mol. The van der Waals surface area contributed by atoms with Gasteiger partial charge in [0.2, 0.25) is 0 Å². The highest BCUT2D eigenvalue weighted by Crippen LogP contribution is 2.34. The number of nitrogens with zero attached hydrogens (tertiary/aromatic N) is 1.